The van der Waals surface area contributed by atoms with Gasteiger partial charge in [0, 0.05) is 51.5 Å². The number of ether oxygens (including phenoxy) is 6. The van der Waals surface area contributed by atoms with E-state index in [9.17, 15) is 19.8 Å². The highest BCUT2D eigenvalue weighted by Gasteiger charge is 2.61. The van der Waals surface area contributed by atoms with Crippen molar-refractivity contribution >= 4 is 34.8 Å². The number of aromatic hydroxyl groups is 1. The highest BCUT2D eigenvalue weighted by atomic mass is 32.2. The highest BCUT2D eigenvalue weighted by molar-refractivity contribution is 7.99. The first-order valence-corrected chi connectivity index (χ1v) is 20.9. The molecule has 4 N–H and O–H groups in total. The summed E-state index contributed by atoms with van der Waals surface area (Å²) in [7, 11) is 3.53. The van der Waals surface area contributed by atoms with Crippen molar-refractivity contribution in [2.24, 2.45) is 0 Å². The van der Waals surface area contributed by atoms with E-state index >= 15 is 0 Å². The summed E-state index contributed by atoms with van der Waals surface area (Å²) >= 11 is 1.52. The summed E-state index contributed by atoms with van der Waals surface area (Å²) in [6.45, 7) is 9.42. The lowest BCUT2D eigenvalue weighted by molar-refractivity contribution is -0.186. The van der Waals surface area contributed by atoms with Gasteiger partial charge in [-0.25, -0.2) is 9.59 Å². The smallest absolute Gasteiger partial charge is 0.507 e. The number of methoxy groups -OCH3 is 1. The molecule has 0 amide bonds. The highest BCUT2D eigenvalue weighted by Crippen LogP contribution is 2.64. The number of aromatic amines is 1. The fourth-order valence-corrected chi connectivity index (χ4v) is 12.3. The Hall–Kier alpha value is -4.67. The zero-order valence-electron chi connectivity index (χ0n) is 33.6. The first-order chi connectivity index (χ1) is 27.7. The number of carbonyl (C=O) groups excluding carboxylic acids is 2. The van der Waals surface area contributed by atoms with Crippen LogP contribution in [0.2, 0.25) is 0 Å². The number of nitrogens with one attached hydrogen (secondary N) is 2. The first kappa shape index (κ1) is 37.6. The molecule has 7 aliphatic heterocycles. The van der Waals surface area contributed by atoms with Crippen LogP contribution in [0.3, 0.4) is 0 Å². The Morgan fingerprint density at radius 1 is 1.07 bits per heavy atom. The van der Waals surface area contributed by atoms with Crippen molar-refractivity contribution in [2.45, 2.75) is 94.2 Å². The largest absolute Gasteiger partial charge is 0.514 e. The third-order valence-corrected chi connectivity index (χ3v) is 14.4. The molecule has 3 aromatic carbocycles. The molecule has 7 atom stereocenters. The van der Waals surface area contributed by atoms with Crippen LogP contribution in [0.5, 0.6) is 28.7 Å². The van der Waals surface area contributed by atoms with E-state index in [1.54, 1.807) is 27.9 Å². The molecule has 1 spiro atoms. The lowest BCUT2D eigenvalue weighted by atomic mass is 9.73. The maximum Gasteiger partial charge on any atom is 0.514 e. The van der Waals surface area contributed by atoms with E-state index in [2.05, 4.69) is 21.3 Å². The van der Waals surface area contributed by atoms with Crippen molar-refractivity contribution in [3.05, 3.63) is 75.0 Å². The minimum Gasteiger partial charge on any atom is -0.507 e. The van der Waals surface area contributed by atoms with Gasteiger partial charge in [-0.3, -0.25) is 15.1 Å². The number of aryl methyl sites for hydroxylation is 1. The number of nitrogens with zero attached hydrogens (tertiary/aromatic N) is 2. The number of carbonyl (C=O) groups is 2. The number of esters is 1. The normalized spacial score (nSPS) is 28.7. The monoisotopic (exact) mass is 812 g/mol. The van der Waals surface area contributed by atoms with Crippen LogP contribution in [0.15, 0.2) is 30.3 Å². The molecule has 58 heavy (non-hydrogen) atoms. The number of thioether (sulfide) groups is 1. The van der Waals surface area contributed by atoms with Gasteiger partial charge in [0.05, 0.1) is 36.2 Å². The Morgan fingerprint density at radius 2 is 1.84 bits per heavy atom. The van der Waals surface area contributed by atoms with E-state index in [-0.39, 0.29) is 30.7 Å². The first-order valence-electron chi connectivity index (χ1n) is 19.8. The number of aliphatic hydroxyl groups excluding tert-OH is 1. The molecule has 0 aliphatic carbocycles. The summed E-state index contributed by atoms with van der Waals surface area (Å²) in [6, 6.07) is 7.85. The van der Waals surface area contributed by atoms with Gasteiger partial charge >= 0.3 is 12.1 Å². The van der Waals surface area contributed by atoms with Crippen LogP contribution < -0.4 is 24.3 Å². The van der Waals surface area contributed by atoms with E-state index in [0.717, 1.165) is 45.3 Å². The summed E-state index contributed by atoms with van der Waals surface area (Å²) in [5.74, 6) is 1.42. The summed E-state index contributed by atoms with van der Waals surface area (Å²) < 4.78 is 36.5. The van der Waals surface area contributed by atoms with Crippen molar-refractivity contribution in [1.29, 1.82) is 0 Å². The molecular weight excluding hydrogens is 765 g/mol. The molecule has 4 bridgehead atoms. The minimum absolute atomic E-state index is 0.0373. The van der Waals surface area contributed by atoms with Gasteiger partial charge in [0.25, 0.3) is 0 Å². The van der Waals surface area contributed by atoms with Crippen LogP contribution in [-0.2, 0) is 32.6 Å². The zero-order chi connectivity index (χ0) is 40.6. The topological polar surface area (TPSA) is 164 Å². The van der Waals surface area contributed by atoms with Crippen LogP contribution in [0.25, 0.3) is 10.9 Å². The summed E-state index contributed by atoms with van der Waals surface area (Å²) in [6.07, 6.45) is -0.755. The number of hydrogen-bond acceptors (Lipinski definition) is 14. The molecule has 2 saturated heterocycles. The van der Waals surface area contributed by atoms with Crippen LogP contribution in [-0.4, -0.2) is 101 Å². The van der Waals surface area contributed by atoms with Gasteiger partial charge in [0.2, 0.25) is 6.79 Å². The van der Waals surface area contributed by atoms with Crippen LogP contribution in [0.4, 0.5) is 4.79 Å². The van der Waals surface area contributed by atoms with Gasteiger partial charge in [0.1, 0.15) is 24.2 Å². The Balaban J connectivity index is 1.20. The number of piperazine rings is 1. The molecule has 1 unspecified atom stereocenters. The fraction of sp³-hybridized carbons (Fsp3) is 0.488. The predicted octanol–water partition coefficient (Wildman–Crippen LogP) is 5.57. The number of para-hydroxylation sites is 1. The number of H-pyrrole nitrogens is 1. The number of phenolic OH excluding ortho intramolecular Hbond substituents is 1. The lowest BCUT2D eigenvalue weighted by Crippen LogP contribution is -2.70. The maximum absolute atomic E-state index is 14.8. The fourth-order valence-electron chi connectivity index (χ4n) is 10.6. The maximum atomic E-state index is 14.8. The zero-order valence-corrected chi connectivity index (χ0v) is 34.4. The molecule has 15 heteroatoms. The molecule has 11 rings (SSSR count). The molecule has 1 aromatic heterocycles. The number of rotatable bonds is 2. The van der Waals surface area contributed by atoms with E-state index in [1.165, 1.54) is 11.8 Å². The molecule has 0 radical (unpaired) electrons. The summed E-state index contributed by atoms with van der Waals surface area (Å²) in [4.78, 5) is 36.1. The van der Waals surface area contributed by atoms with Crippen LogP contribution in [0.1, 0.15) is 82.7 Å². The molecular formula is C43H48N4O10S. The predicted molar refractivity (Wildman–Crippen MR) is 214 cm³/mol. The van der Waals surface area contributed by atoms with Crippen LogP contribution >= 0.6 is 11.8 Å². The molecule has 306 valence electrons. The third-order valence-electron chi connectivity index (χ3n) is 13.0. The Kier molecular flexibility index (Phi) is 8.53. The molecule has 0 saturated carbocycles. The number of fused-ring (bicyclic) bond motifs is 11. The Morgan fingerprint density at radius 3 is 2.62 bits per heavy atom. The van der Waals surface area contributed by atoms with E-state index in [4.69, 9.17) is 28.4 Å². The number of phenols is 1. The van der Waals surface area contributed by atoms with Crippen LogP contribution in [0, 0.1) is 13.8 Å². The SMILES string of the molecule is COc1c(C)cc2c(c1OC(=O)OC(C)(C)C)[C@@H]1C3[C@@H]4SC[C@]5(NCCc6c5[nH]c5ccccc65)C(=O)OC[C@@H](c5c6c(c(C)c(O)c54)OCO6)N3[C@@H](O)[C@H](C2)N1C. The minimum atomic E-state index is -1.25. The van der Waals surface area contributed by atoms with E-state index in [0.29, 0.717) is 46.9 Å². The quantitative estimate of drug-likeness (QED) is 0.147. The van der Waals surface area contributed by atoms with Gasteiger partial charge in [0.15, 0.2) is 28.5 Å². The number of benzene rings is 3. The molecule has 2 fully saturated rings. The van der Waals surface area contributed by atoms with Gasteiger partial charge < -0.3 is 43.6 Å². The standard InChI is InChI=1S/C43H48N4O10S/c1-19-14-21-15-25-39(49)47-26-16-53-40(50)43(38-23(12-13-44-43)22-10-8-9-11-24(22)45-38)17-58-37(29-28(26)35-34(54-18-55-35)20(2)32(29)48)31(47)30(46(25)6)27(21)36(33(19)52-7)56-41(51)57-42(3,4)5/h8-11,14,25-26,30-31,37,39,44-45,48-49H,12-13,15-18H2,1-7H3/t25-,26-,30+,31?,37+,39-,43+/m0/s1. The van der Waals surface area contributed by atoms with Crippen molar-refractivity contribution in [3.63, 3.8) is 0 Å². The summed E-state index contributed by atoms with van der Waals surface area (Å²) in [5.41, 5.74) is 4.94. The van der Waals surface area contributed by atoms with E-state index in [1.807, 2.05) is 50.1 Å². The number of aromatic nitrogens is 1. The van der Waals surface area contributed by atoms with Crippen molar-refractivity contribution in [3.8, 4) is 28.7 Å². The number of likely N-dealkylation sites (N-methyl/N-ethyl adjacent to an activating group) is 1. The second-order valence-corrected chi connectivity index (χ2v) is 18.4. The van der Waals surface area contributed by atoms with Gasteiger partial charge in [-0.05, 0) is 77.3 Å². The van der Waals surface area contributed by atoms with Crippen molar-refractivity contribution < 1.29 is 48.2 Å². The number of hydrogen-bond donors (Lipinski definition) is 4. The average molecular weight is 813 g/mol. The van der Waals surface area contributed by atoms with Crippen molar-refractivity contribution in [2.75, 3.05) is 39.9 Å². The van der Waals surface area contributed by atoms with E-state index < -0.39 is 58.9 Å². The molecule has 8 heterocycles. The second kappa shape index (κ2) is 13.2. The molecule has 14 nitrogen and oxygen atoms in total. The third kappa shape index (κ3) is 5.25. The summed E-state index contributed by atoms with van der Waals surface area (Å²) in [5, 5.41) is 29.2. The van der Waals surface area contributed by atoms with Gasteiger partial charge in [-0.15, -0.1) is 11.8 Å². The van der Waals surface area contributed by atoms with Gasteiger partial charge in [-0.1, -0.05) is 24.3 Å². The Labute approximate surface area is 340 Å². The van der Waals surface area contributed by atoms with Gasteiger partial charge in [-0.2, -0.15) is 0 Å². The van der Waals surface area contributed by atoms with Crippen molar-refractivity contribution in [1.82, 2.24) is 20.1 Å². The lowest BCUT2D eigenvalue weighted by Gasteiger charge is -2.62. The second-order valence-electron chi connectivity index (χ2n) is 17.2. The average Bonchev–Trinajstić information content (AvgIpc) is 3.82. The molecule has 4 aromatic rings. The molecule has 7 aliphatic rings. The number of aliphatic hydroxyl groups is 1. The Bertz CT molecular complexity index is 2410.